The van der Waals surface area contributed by atoms with E-state index in [0.29, 0.717) is 28.9 Å². The lowest BCUT2D eigenvalue weighted by Crippen LogP contribution is -3.12. The molecular formula is C25H20Cl2NO3+. The van der Waals surface area contributed by atoms with Gasteiger partial charge < -0.3 is 9.15 Å². The van der Waals surface area contributed by atoms with Crippen LogP contribution in [0.15, 0.2) is 75.9 Å². The van der Waals surface area contributed by atoms with Gasteiger partial charge in [0.15, 0.2) is 5.58 Å². The van der Waals surface area contributed by atoms with Crippen LogP contribution in [0.25, 0.3) is 22.1 Å². The van der Waals surface area contributed by atoms with Gasteiger partial charge in [-0.25, -0.2) is 4.79 Å². The molecule has 1 atom stereocenters. The maximum Gasteiger partial charge on any atom is 0.336 e. The van der Waals surface area contributed by atoms with Gasteiger partial charge in [0.25, 0.3) is 0 Å². The molecule has 2 heterocycles. The summed E-state index contributed by atoms with van der Waals surface area (Å²) in [6, 6.07) is 21.0. The Morgan fingerprint density at radius 1 is 0.968 bits per heavy atom. The monoisotopic (exact) mass is 452 g/mol. The second-order valence-corrected chi connectivity index (χ2v) is 8.56. The van der Waals surface area contributed by atoms with Crippen molar-refractivity contribution in [3.8, 4) is 16.9 Å². The Morgan fingerprint density at radius 2 is 1.81 bits per heavy atom. The predicted octanol–water partition coefficient (Wildman–Crippen LogP) is 4.74. The first kappa shape index (κ1) is 20.1. The number of hydrogen-bond acceptors (Lipinski definition) is 3. The van der Waals surface area contributed by atoms with Crippen molar-refractivity contribution >= 4 is 34.2 Å². The molecule has 4 nitrogen and oxygen atoms in total. The van der Waals surface area contributed by atoms with Crippen LogP contribution < -0.4 is 15.3 Å². The maximum absolute atomic E-state index is 12.4. The molecule has 156 valence electrons. The van der Waals surface area contributed by atoms with Crippen molar-refractivity contribution < 1.29 is 14.1 Å². The van der Waals surface area contributed by atoms with Crippen molar-refractivity contribution in [2.24, 2.45) is 0 Å². The number of nitrogens with one attached hydrogen (secondary N) is 1. The van der Waals surface area contributed by atoms with Crippen LogP contribution in [0, 0.1) is 0 Å². The Balaban J connectivity index is 1.47. The van der Waals surface area contributed by atoms with Gasteiger partial charge in [0.2, 0.25) is 6.73 Å². The van der Waals surface area contributed by atoms with Gasteiger partial charge in [-0.3, -0.25) is 4.90 Å². The number of fused-ring (bicyclic) bond motifs is 3. The highest BCUT2D eigenvalue weighted by Crippen LogP contribution is 2.34. The second kappa shape index (κ2) is 8.39. The number of ether oxygens (including phenoxy) is 1. The maximum atomic E-state index is 12.4. The van der Waals surface area contributed by atoms with Gasteiger partial charge in [-0.05, 0) is 41.0 Å². The lowest BCUT2D eigenvalue weighted by molar-refractivity contribution is -0.932. The van der Waals surface area contributed by atoms with Gasteiger partial charge in [0.05, 0.1) is 12.1 Å². The average molecular weight is 453 g/mol. The fourth-order valence-electron chi connectivity index (χ4n) is 4.10. The van der Waals surface area contributed by atoms with E-state index in [-0.39, 0.29) is 5.63 Å². The fourth-order valence-corrected chi connectivity index (χ4v) is 4.60. The summed E-state index contributed by atoms with van der Waals surface area (Å²) >= 11 is 12.3. The van der Waals surface area contributed by atoms with Gasteiger partial charge in [-0.1, -0.05) is 59.6 Å². The minimum absolute atomic E-state index is 0.361. The average Bonchev–Trinajstić information content (AvgIpc) is 2.78. The zero-order valence-electron chi connectivity index (χ0n) is 16.7. The van der Waals surface area contributed by atoms with E-state index in [1.54, 1.807) is 12.1 Å². The normalized spacial score (nSPS) is 15.5. The van der Waals surface area contributed by atoms with Crippen molar-refractivity contribution in [3.63, 3.8) is 0 Å². The number of halogens is 2. The molecule has 1 aromatic heterocycles. The molecule has 31 heavy (non-hydrogen) atoms. The molecular weight excluding hydrogens is 433 g/mol. The van der Waals surface area contributed by atoms with E-state index in [2.05, 4.69) is 0 Å². The molecule has 5 rings (SSSR count). The van der Waals surface area contributed by atoms with Crippen molar-refractivity contribution in [1.82, 2.24) is 0 Å². The van der Waals surface area contributed by atoms with Crippen LogP contribution in [0.1, 0.15) is 11.1 Å². The smallest absolute Gasteiger partial charge is 0.336 e. The van der Waals surface area contributed by atoms with Crippen LogP contribution in [-0.2, 0) is 13.0 Å². The summed E-state index contributed by atoms with van der Waals surface area (Å²) in [6.07, 6.45) is 0.800. The molecule has 0 saturated carbocycles. The van der Waals surface area contributed by atoms with Crippen molar-refractivity contribution in [3.05, 3.63) is 98.3 Å². The van der Waals surface area contributed by atoms with Crippen LogP contribution in [0.5, 0.6) is 5.75 Å². The Kier molecular flexibility index (Phi) is 5.45. The standard InChI is InChI=1S/C25H19Cl2NO3/c26-18-7-6-17(22(27)12-18)10-11-28-14-21-23(30-15-28)9-8-19-20(13-24(29)31-25(19)21)16-4-2-1-3-5-16/h1-9,12-13H,10-11,14-15H2/p+1. The third kappa shape index (κ3) is 4.07. The third-order valence-electron chi connectivity index (χ3n) is 5.68. The van der Waals surface area contributed by atoms with Gasteiger partial charge in [-0.2, -0.15) is 0 Å². The lowest BCUT2D eigenvalue weighted by atomic mass is 9.99. The summed E-state index contributed by atoms with van der Waals surface area (Å²) in [6.45, 7) is 2.09. The molecule has 0 fully saturated rings. The molecule has 1 unspecified atom stereocenters. The number of rotatable bonds is 4. The van der Waals surface area contributed by atoms with Crippen molar-refractivity contribution in [2.75, 3.05) is 13.3 Å². The number of quaternary nitrogens is 1. The summed E-state index contributed by atoms with van der Waals surface area (Å²) in [5.74, 6) is 0.772. The van der Waals surface area contributed by atoms with Crippen LogP contribution in [0.3, 0.4) is 0 Å². The molecule has 0 aliphatic carbocycles. The fraction of sp³-hybridized carbons (Fsp3) is 0.160. The first-order valence-electron chi connectivity index (χ1n) is 10.1. The van der Waals surface area contributed by atoms with E-state index in [1.165, 1.54) is 4.90 Å². The van der Waals surface area contributed by atoms with Crippen LogP contribution in [0.4, 0.5) is 0 Å². The second-order valence-electron chi connectivity index (χ2n) is 7.72. The van der Waals surface area contributed by atoms with E-state index >= 15 is 0 Å². The highest BCUT2D eigenvalue weighted by atomic mass is 35.5. The molecule has 0 radical (unpaired) electrons. The van der Waals surface area contributed by atoms with Crippen LogP contribution in [0.2, 0.25) is 10.0 Å². The molecule has 6 heteroatoms. The van der Waals surface area contributed by atoms with E-state index in [4.69, 9.17) is 32.4 Å². The Bertz CT molecular complexity index is 1320. The summed E-state index contributed by atoms with van der Waals surface area (Å²) < 4.78 is 11.7. The summed E-state index contributed by atoms with van der Waals surface area (Å²) in [7, 11) is 0. The highest BCUT2D eigenvalue weighted by Gasteiger charge is 2.25. The van der Waals surface area contributed by atoms with Gasteiger partial charge in [-0.15, -0.1) is 0 Å². The predicted molar refractivity (Wildman–Crippen MR) is 123 cm³/mol. The molecule has 0 spiro atoms. The molecule has 1 aliphatic heterocycles. The Labute approximate surface area is 189 Å². The van der Waals surface area contributed by atoms with Gasteiger partial charge in [0.1, 0.15) is 12.3 Å². The summed E-state index contributed by atoms with van der Waals surface area (Å²) in [5.41, 5.74) is 4.08. The largest absolute Gasteiger partial charge is 0.445 e. The highest BCUT2D eigenvalue weighted by molar-refractivity contribution is 6.35. The SMILES string of the molecule is O=c1cc(-c2ccccc2)c2ccc3c(c2o1)C[NH+](CCc1ccc(Cl)cc1Cl)CO3. The molecule has 3 aromatic carbocycles. The number of benzene rings is 3. The van der Waals surface area contributed by atoms with Crippen LogP contribution >= 0.6 is 23.2 Å². The van der Waals surface area contributed by atoms with Crippen LogP contribution in [-0.4, -0.2) is 13.3 Å². The Morgan fingerprint density at radius 3 is 2.61 bits per heavy atom. The molecule has 1 N–H and O–H groups in total. The third-order valence-corrected chi connectivity index (χ3v) is 6.27. The number of hydrogen-bond donors (Lipinski definition) is 1. The van der Waals surface area contributed by atoms with E-state index < -0.39 is 0 Å². The van der Waals surface area contributed by atoms with Crippen molar-refractivity contribution in [2.45, 2.75) is 13.0 Å². The van der Waals surface area contributed by atoms with E-state index in [0.717, 1.165) is 46.4 Å². The first-order chi connectivity index (χ1) is 15.1. The minimum atomic E-state index is -0.361. The van der Waals surface area contributed by atoms with Gasteiger partial charge >= 0.3 is 5.63 Å². The first-order valence-corrected chi connectivity index (χ1v) is 10.9. The zero-order chi connectivity index (χ0) is 21.4. The van der Waals surface area contributed by atoms with E-state index in [9.17, 15) is 4.79 Å². The van der Waals surface area contributed by atoms with E-state index in [1.807, 2.05) is 54.6 Å². The Hall–Kier alpha value is -2.79. The van der Waals surface area contributed by atoms with Gasteiger partial charge in [0, 0.05) is 27.9 Å². The quantitative estimate of drug-likeness (QED) is 0.454. The van der Waals surface area contributed by atoms with Crippen molar-refractivity contribution in [1.29, 1.82) is 0 Å². The molecule has 4 aromatic rings. The molecule has 1 aliphatic rings. The summed E-state index contributed by atoms with van der Waals surface area (Å²) in [4.78, 5) is 13.6. The molecule has 0 bridgehead atoms. The minimum Gasteiger partial charge on any atom is -0.445 e. The topological polar surface area (TPSA) is 43.9 Å². The lowest BCUT2D eigenvalue weighted by Gasteiger charge is -2.26. The summed E-state index contributed by atoms with van der Waals surface area (Å²) in [5, 5.41) is 2.22. The zero-order valence-corrected chi connectivity index (χ0v) is 18.2. The molecule has 0 saturated heterocycles. The molecule has 0 amide bonds.